The molecule has 0 aliphatic heterocycles. The Bertz CT molecular complexity index is 1080. The molecule has 0 heterocycles. The largest absolute Gasteiger partial charge is 0.466 e. The van der Waals surface area contributed by atoms with Gasteiger partial charge in [0.2, 0.25) is 5.91 Å². The van der Waals surface area contributed by atoms with Crippen molar-refractivity contribution in [3.63, 3.8) is 0 Å². The third kappa shape index (κ3) is 57.9. The van der Waals surface area contributed by atoms with Crippen LogP contribution in [0.4, 0.5) is 0 Å². The van der Waals surface area contributed by atoms with Crippen molar-refractivity contribution < 1.29 is 24.5 Å². The number of amides is 1. The molecule has 0 aromatic carbocycles. The summed E-state index contributed by atoms with van der Waals surface area (Å²) in [4.78, 5) is 24.5. The maximum atomic E-state index is 12.4. The quantitative estimate of drug-likeness (QED) is 0.0320. The number of aliphatic hydroxyl groups is 2. The van der Waals surface area contributed by atoms with Crippen molar-refractivity contribution in [2.45, 2.75) is 386 Å². The van der Waals surface area contributed by atoms with E-state index in [1.807, 2.05) is 6.08 Å². The van der Waals surface area contributed by atoms with Crippen LogP contribution in [0, 0.1) is 0 Å². The second kappa shape index (κ2) is 62.1. The molecule has 0 aliphatic carbocycles. The number of carbonyl (C=O) groups excluding carboxylic acids is 2. The smallest absolute Gasteiger partial charge is 0.305 e. The van der Waals surface area contributed by atoms with Crippen molar-refractivity contribution in [3.8, 4) is 0 Å². The Morgan fingerprint density at radius 2 is 0.639 bits per heavy atom. The number of allylic oxidation sites excluding steroid dienone is 1. The van der Waals surface area contributed by atoms with Crippen LogP contribution in [-0.2, 0) is 14.3 Å². The summed E-state index contributed by atoms with van der Waals surface area (Å²) in [6, 6.07) is -0.623. The highest BCUT2D eigenvalue weighted by molar-refractivity contribution is 5.76. The number of rotatable bonds is 62. The van der Waals surface area contributed by atoms with Crippen LogP contribution in [0.3, 0.4) is 0 Å². The Hall–Kier alpha value is -1.40. The standard InChI is InChI=1S/C66H129NO5/c1-3-5-7-9-11-13-15-16-32-36-40-44-48-52-56-60-66(71)72-61-57-53-49-45-41-37-34-31-29-27-25-23-21-19-17-18-20-22-24-26-28-30-33-35-39-43-47-51-55-59-65(70)67-63(62-68)64(69)58-54-50-46-42-38-14-12-10-8-6-4-2/h54,58,63-64,68-69H,3-53,55-57,59-62H2,1-2H3,(H,67,70)/b58-54+. The van der Waals surface area contributed by atoms with Gasteiger partial charge in [-0.1, -0.05) is 341 Å². The van der Waals surface area contributed by atoms with Gasteiger partial charge < -0.3 is 20.3 Å². The first kappa shape index (κ1) is 70.6. The third-order valence-corrected chi connectivity index (χ3v) is 15.6. The van der Waals surface area contributed by atoms with Gasteiger partial charge in [0.15, 0.2) is 0 Å². The zero-order valence-corrected chi connectivity index (χ0v) is 48.9. The molecule has 0 bridgehead atoms. The zero-order chi connectivity index (χ0) is 52.2. The summed E-state index contributed by atoms with van der Waals surface area (Å²) in [5.74, 6) is -0.0413. The van der Waals surface area contributed by atoms with Gasteiger partial charge >= 0.3 is 5.97 Å². The summed E-state index contributed by atoms with van der Waals surface area (Å²) in [6.07, 6.45) is 75.7. The number of hydrogen-bond acceptors (Lipinski definition) is 5. The molecular formula is C66H129NO5. The van der Waals surface area contributed by atoms with E-state index in [0.29, 0.717) is 19.4 Å². The van der Waals surface area contributed by atoms with Crippen LogP contribution in [0.2, 0.25) is 0 Å². The minimum absolute atomic E-state index is 0.0226. The number of hydrogen-bond donors (Lipinski definition) is 3. The lowest BCUT2D eigenvalue weighted by Crippen LogP contribution is -2.45. The fourth-order valence-electron chi connectivity index (χ4n) is 10.5. The van der Waals surface area contributed by atoms with E-state index in [4.69, 9.17) is 4.74 Å². The van der Waals surface area contributed by atoms with Crippen molar-refractivity contribution in [2.24, 2.45) is 0 Å². The van der Waals surface area contributed by atoms with Gasteiger partial charge in [0.05, 0.1) is 25.4 Å². The van der Waals surface area contributed by atoms with Crippen molar-refractivity contribution >= 4 is 11.9 Å². The lowest BCUT2D eigenvalue weighted by atomic mass is 10.0. The van der Waals surface area contributed by atoms with E-state index in [1.165, 1.54) is 308 Å². The lowest BCUT2D eigenvalue weighted by molar-refractivity contribution is -0.143. The van der Waals surface area contributed by atoms with Gasteiger partial charge in [-0.3, -0.25) is 9.59 Å². The topological polar surface area (TPSA) is 95.9 Å². The van der Waals surface area contributed by atoms with Gasteiger partial charge in [0.1, 0.15) is 0 Å². The molecule has 0 aliphatic rings. The number of esters is 1. The molecule has 1 amide bonds. The average Bonchev–Trinajstić information content (AvgIpc) is 3.38. The highest BCUT2D eigenvalue weighted by Gasteiger charge is 2.18. The highest BCUT2D eigenvalue weighted by Crippen LogP contribution is 2.19. The molecule has 0 rings (SSSR count). The zero-order valence-electron chi connectivity index (χ0n) is 48.9. The van der Waals surface area contributed by atoms with Crippen LogP contribution in [0.1, 0.15) is 373 Å². The first-order valence-corrected chi connectivity index (χ1v) is 33.0. The molecule has 0 fully saturated rings. The highest BCUT2D eigenvalue weighted by atomic mass is 16.5. The monoisotopic (exact) mass is 1020 g/mol. The predicted molar refractivity (Wildman–Crippen MR) is 315 cm³/mol. The molecule has 0 spiro atoms. The Morgan fingerprint density at radius 3 is 0.944 bits per heavy atom. The third-order valence-electron chi connectivity index (χ3n) is 15.6. The van der Waals surface area contributed by atoms with Gasteiger partial charge in [-0.25, -0.2) is 0 Å². The van der Waals surface area contributed by atoms with Crippen LogP contribution in [0.15, 0.2) is 12.2 Å². The van der Waals surface area contributed by atoms with Crippen molar-refractivity contribution in [1.29, 1.82) is 0 Å². The maximum Gasteiger partial charge on any atom is 0.305 e. The normalized spacial score (nSPS) is 12.6. The number of unbranched alkanes of at least 4 members (excludes halogenated alkanes) is 51. The van der Waals surface area contributed by atoms with E-state index in [2.05, 4.69) is 19.2 Å². The van der Waals surface area contributed by atoms with E-state index in [-0.39, 0.29) is 18.5 Å². The molecule has 0 saturated heterocycles. The maximum absolute atomic E-state index is 12.4. The Labute approximate surface area is 450 Å². The molecule has 0 aromatic rings. The summed E-state index contributed by atoms with van der Waals surface area (Å²) in [7, 11) is 0. The van der Waals surface area contributed by atoms with Crippen LogP contribution in [0.5, 0.6) is 0 Å². The summed E-state index contributed by atoms with van der Waals surface area (Å²) >= 11 is 0. The van der Waals surface area contributed by atoms with Gasteiger partial charge in [-0.05, 0) is 32.1 Å². The van der Waals surface area contributed by atoms with E-state index >= 15 is 0 Å². The van der Waals surface area contributed by atoms with E-state index < -0.39 is 12.1 Å². The molecule has 72 heavy (non-hydrogen) atoms. The van der Waals surface area contributed by atoms with E-state index in [1.54, 1.807) is 6.08 Å². The fourth-order valence-corrected chi connectivity index (χ4v) is 10.5. The first-order valence-electron chi connectivity index (χ1n) is 33.0. The Balaban J connectivity index is 3.31. The Morgan fingerprint density at radius 1 is 0.375 bits per heavy atom. The van der Waals surface area contributed by atoms with Crippen LogP contribution in [0.25, 0.3) is 0 Å². The molecular weight excluding hydrogens is 887 g/mol. The van der Waals surface area contributed by atoms with Crippen molar-refractivity contribution in [3.05, 3.63) is 12.2 Å². The van der Waals surface area contributed by atoms with Gasteiger partial charge in [0, 0.05) is 12.8 Å². The average molecular weight is 1020 g/mol. The Kier molecular flexibility index (Phi) is 60.9. The SMILES string of the molecule is CCCCCCCCCCC/C=C/C(O)C(CO)NC(=O)CCCCCCCCCCCCCCCCCCCCCCCCCCCCCCCOC(=O)CCCCCCCCCCCCCCCCC. The van der Waals surface area contributed by atoms with E-state index in [0.717, 1.165) is 38.5 Å². The second-order valence-electron chi connectivity index (χ2n) is 22.8. The molecule has 0 saturated carbocycles. The molecule has 0 aromatic heterocycles. The summed E-state index contributed by atoms with van der Waals surface area (Å²) in [5.41, 5.74) is 0. The van der Waals surface area contributed by atoms with Crippen LogP contribution in [-0.4, -0.2) is 47.4 Å². The predicted octanol–water partition coefficient (Wildman–Crippen LogP) is 20.8. The number of ether oxygens (including phenoxy) is 1. The first-order chi connectivity index (χ1) is 35.5. The molecule has 2 atom stereocenters. The molecule has 2 unspecified atom stereocenters. The minimum atomic E-state index is -0.839. The number of carbonyl (C=O) groups is 2. The van der Waals surface area contributed by atoms with Crippen LogP contribution < -0.4 is 5.32 Å². The molecule has 428 valence electrons. The van der Waals surface area contributed by atoms with Gasteiger partial charge in [-0.2, -0.15) is 0 Å². The van der Waals surface area contributed by atoms with Gasteiger partial charge in [-0.15, -0.1) is 0 Å². The molecule has 6 nitrogen and oxygen atoms in total. The molecule has 6 heteroatoms. The summed E-state index contributed by atoms with van der Waals surface area (Å²) < 4.78 is 5.50. The van der Waals surface area contributed by atoms with Crippen molar-refractivity contribution in [2.75, 3.05) is 13.2 Å². The minimum Gasteiger partial charge on any atom is -0.466 e. The lowest BCUT2D eigenvalue weighted by Gasteiger charge is -2.20. The number of aliphatic hydroxyl groups excluding tert-OH is 2. The summed E-state index contributed by atoms with van der Waals surface area (Å²) in [5, 5.41) is 23.0. The van der Waals surface area contributed by atoms with Gasteiger partial charge in [0.25, 0.3) is 0 Å². The fraction of sp³-hybridized carbons (Fsp3) is 0.939. The number of nitrogens with one attached hydrogen (secondary N) is 1. The molecule has 0 radical (unpaired) electrons. The summed E-state index contributed by atoms with van der Waals surface area (Å²) in [6.45, 7) is 4.92. The molecule has 3 N–H and O–H groups in total. The second-order valence-corrected chi connectivity index (χ2v) is 22.8. The van der Waals surface area contributed by atoms with Crippen LogP contribution >= 0.6 is 0 Å². The van der Waals surface area contributed by atoms with Crippen molar-refractivity contribution in [1.82, 2.24) is 5.32 Å². The van der Waals surface area contributed by atoms with E-state index in [9.17, 15) is 19.8 Å².